The first-order valence-electron chi connectivity index (χ1n) is 7.49. The van der Waals surface area contributed by atoms with Gasteiger partial charge in [-0.05, 0) is 36.7 Å². The Bertz CT molecular complexity index is 857. The second-order valence-electron chi connectivity index (χ2n) is 5.77. The molecule has 7 heteroatoms. The average Bonchev–Trinajstić information content (AvgIpc) is 3.16. The van der Waals surface area contributed by atoms with Gasteiger partial charge in [-0.1, -0.05) is 35.9 Å². The Kier molecular flexibility index (Phi) is 4.88. The molecule has 1 aromatic carbocycles. The molecule has 24 heavy (non-hydrogen) atoms. The summed E-state index contributed by atoms with van der Waals surface area (Å²) in [5.41, 5.74) is 3.13. The monoisotopic (exact) mass is 381 g/mol. The van der Waals surface area contributed by atoms with Crippen molar-refractivity contribution >= 4 is 51.5 Å². The largest absolute Gasteiger partial charge is 0.346 e. The number of amides is 1. The maximum atomic E-state index is 12.6. The first-order chi connectivity index (χ1) is 11.2. The van der Waals surface area contributed by atoms with Crippen molar-refractivity contribution in [3.8, 4) is 0 Å². The van der Waals surface area contributed by atoms with E-state index in [1.165, 1.54) is 22.5 Å². The van der Waals surface area contributed by atoms with E-state index in [2.05, 4.69) is 27.8 Å². The zero-order valence-electron chi connectivity index (χ0n) is 12.9. The molecule has 2 atom stereocenters. The van der Waals surface area contributed by atoms with Crippen molar-refractivity contribution in [3.05, 3.63) is 57.6 Å². The van der Waals surface area contributed by atoms with Gasteiger partial charge in [0.25, 0.3) is 5.91 Å². The number of likely N-dealkylation sites (N-methyl/N-ethyl adjacent to an activating group) is 1. The van der Waals surface area contributed by atoms with Gasteiger partial charge < -0.3 is 15.6 Å². The smallest absolute Gasteiger partial charge is 0.268 e. The number of rotatable bonds is 3. The van der Waals surface area contributed by atoms with Gasteiger partial charge >= 0.3 is 0 Å². The van der Waals surface area contributed by atoms with Crippen molar-refractivity contribution in [2.24, 2.45) is 0 Å². The molecule has 0 saturated heterocycles. The third-order valence-electron chi connectivity index (χ3n) is 4.38. The molecule has 2 heterocycles. The van der Waals surface area contributed by atoms with Crippen LogP contribution in [0.4, 0.5) is 0 Å². The lowest BCUT2D eigenvalue weighted by Gasteiger charge is -2.21. The highest BCUT2D eigenvalue weighted by Crippen LogP contribution is 2.32. The summed E-state index contributed by atoms with van der Waals surface area (Å²) in [6.45, 7) is 0. The molecule has 0 bridgehead atoms. The molecule has 0 radical (unpaired) electrons. The van der Waals surface area contributed by atoms with Crippen molar-refractivity contribution in [2.45, 2.75) is 18.5 Å². The lowest BCUT2D eigenvalue weighted by molar-refractivity contribution is 0.0927. The predicted octanol–water partition coefficient (Wildman–Crippen LogP) is 3.92. The summed E-state index contributed by atoms with van der Waals surface area (Å²) in [6, 6.07) is 12.2. The fourth-order valence-corrected chi connectivity index (χ4v) is 4.47. The number of benzene rings is 1. The maximum Gasteiger partial charge on any atom is 0.268 e. The molecule has 0 aliphatic heterocycles. The third kappa shape index (κ3) is 2.93. The second kappa shape index (κ2) is 6.76. The predicted molar refractivity (Wildman–Crippen MR) is 102 cm³/mol. The number of hydrogen-bond acceptors (Lipinski definition) is 3. The van der Waals surface area contributed by atoms with E-state index in [1.807, 2.05) is 31.3 Å². The number of carbonyl (C=O) groups excluding carboxylic acids is 1. The van der Waals surface area contributed by atoms with Crippen LogP contribution in [0.5, 0.6) is 0 Å². The van der Waals surface area contributed by atoms with Gasteiger partial charge in [-0.15, -0.1) is 23.7 Å². The molecule has 4 nitrogen and oxygen atoms in total. The molecule has 0 fully saturated rings. The number of fused-ring (bicyclic) bond motifs is 2. The van der Waals surface area contributed by atoms with E-state index in [0.717, 1.165) is 21.0 Å². The Balaban J connectivity index is 0.00000169. The molecule has 1 amide bonds. The molecular weight excluding hydrogens is 365 g/mol. The van der Waals surface area contributed by atoms with Crippen LogP contribution < -0.4 is 10.6 Å². The van der Waals surface area contributed by atoms with Crippen molar-refractivity contribution in [2.75, 3.05) is 7.05 Å². The van der Waals surface area contributed by atoms with Crippen molar-refractivity contribution in [1.82, 2.24) is 15.6 Å². The standard InChI is InChI=1S/C17H16ClN3OS.ClH/c1-19-15-11-5-3-2-4-9(11)6-12(15)20-16(22)13-7-10-8-14(18)23-17(10)21-13;/h2-5,7-8,12,15,19,21H,6H2,1H3,(H,20,22);1H/t12-,15-;/m1./s1. The Morgan fingerprint density at radius 2 is 2.12 bits per heavy atom. The quantitative estimate of drug-likeness (QED) is 0.643. The lowest BCUT2D eigenvalue weighted by atomic mass is 10.1. The summed E-state index contributed by atoms with van der Waals surface area (Å²) in [4.78, 5) is 16.6. The summed E-state index contributed by atoms with van der Waals surface area (Å²) in [7, 11) is 1.93. The van der Waals surface area contributed by atoms with E-state index in [-0.39, 0.29) is 30.4 Å². The minimum atomic E-state index is -0.0809. The van der Waals surface area contributed by atoms with Gasteiger partial charge in [0.15, 0.2) is 0 Å². The molecule has 0 saturated carbocycles. The maximum absolute atomic E-state index is 12.6. The summed E-state index contributed by atoms with van der Waals surface area (Å²) < 4.78 is 0.722. The van der Waals surface area contributed by atoms with E-state index in [9.17, 15) is 4.79 Å². The molecule has 2 aromatic heterocycles. The SMILES string of the molecule is CN[C@@H]1c2ccccc2C[C@H]1NC(=O)c1cc2cc(Cl)sc2[nH]1.Cl. The van der Waals surface area contributed by atoms with E-state index < -0.39 is 0 Å². The number of nitrogens with one attached hydrogen (secondary N) is 3. The number of aromatic nitrogens is 1. The molecule has 0 unspecified atom stereocenters. The van der Waals surface area contributed by atoms with Crippen LogP contribution in [0.25, 0.3) is 10.2 Å². The van der Waals surface area contributed by atoms with E-state index in [4.69, 9.17) is 11.6 Å². The summed E-state index contributed by atoms with van der Waals surface area (Å²) in [5.74, 6) is -0.0809. The molecule has 3 N–H and O–H groups in total. The Hall–Kier alpha value is -1.53. The van der Waals surface area contributed by atoms with Crippen LogP contribution >= 0.6 is 35.3 Å². The Morgan fingerprint density at radius 3 is 2.88 bits per heavy atom. The van der Waals surface area contributed by atoms with Gasteiger partial charge in [-0.25, -0.2) is 0 Å². The molecular formula is C17H17Cl2N3OS. The normalized spacial score (nSPS) is 19.1. The number of carbonyl (C=O) groups is 1. The molecule has 1 aliphatic carbocycles. The number of halogens is 2. The number of hydrogen-bond donors (Lipinski definition) is 3. The van der Waals surface area contributed by atoms with E-state index >= 15 is 0 Å². The highest BCUT2D eigenvalue weighted by molar-refractivity contribution is 7.22. The topological polar surface area (TPSA) is 56.9 Å². The number of aromatic amines is 1. The van der Waals surface area contributed by atoms with Crippen LogP contribution in [0.15, 0.2) is 36.4 Å². The number of thiophene rings is 1. The minimum absolute atomic E-state index is 0. The van der Waals surface area contributed by atoms with Crippen molar-refractivity contribution in [1.29, 1.82) is 0 Å². The highest BCUT2D eigenvalue weighted by Gasteiger charge is 2.32. The lowest BCUT2D eigenvalue weighted by Crippen LogP contribution is -2.41. The first-order valence-corrected chi connectivity index (χ1v) is 8.69. The highest BCUT2D eigenvalue weighted by atomic mass is 35.5. The minimum Gasteiger partial charge on any atom is -0.346 e. The van der Waals surface area contributed by atoms with Crippen LogP contribution in [0.3, 0.4) is 0 Å². The second-order valence-corrected chi connectivity index (χ2v) is 7.45. The fourth-order valence-electron chi connectivity index (χ4n) is 3.35. The number of H-pyrrole nitrogens is 1. The van der Waals surface area contributed by atoms with Crippen LogP contribution in [0, 0.1) is 0 Å². The van der Waals surface area contributed by atoms with Gasteiger partial charge in [-0.3, -0.25) is 4.79 Å². The van der Waals surface area contributed by atoms with Crippen LogP contribution in [0.1, 0.15) is 27.7 Å². The zero-order valence-corrected chi connectivity index (χ0v) is 15.3. The van der Waals surface area contributed by atoms with E-state index in [1.54, 1.807) is 0 Å². The van der Waals surface area contributed by atoms with Crippen molar-refractivity contribution in [3.63, 3.8) is 0 Å². The first kappa shape index (κ1) is 17.3. The van der Waals surface area contributed by atoms with Gasteiger partial charge in [0.2, 0.25) is 0 Å². The zero-order chi connectivity index (χ0) is 16.0. The van der Waals surface area contributed by atoms with Crippen molar-refractivity contribution < 1.29 is 4.79 Å². The van der Waals surface area contributed by atoms with Gasteiger partial charge in [0, 0.05) is 5.39 Å². The molecule has 0 spiro atoms. The summed E-state index contributed by atoms with van der Waals surface area (Å²) in [6.07, 6.45) is 0.842. The average molecular weight is 382 g/mol. The van der Waals surface area contributed by atoms with Crippen LogP contribution in [-0.2, 0) is 6.42 Å². The van der Waals surface area contributed by atoms with Crippen LogP contribution in [0.2, 0.25) is 4.34 Å². The molecule has 1 aliphatic rings. The Labute approximate surface area is 155 Å². The summed E-state index contributed by atoms with van der Waals surface area (Å²) >= 11 is 7.42. The fraction of sp³-hybridized carbons (Fsp3) is 0.235. The van der Waals surface area contributed by atoms with Crippen LogP contribution in [-0.4, -0.2) is 24.0 Å². The summed E-state index contributed by atoms with van der Waals surface area (Å²) in [5, 5.41) is 7.44. The van der Waals surface area contributed by atoms with Gasteiger partial charge in [0.1, 0.15) is 10.5 Å². The molecule has 126 valence electrons. The molecule has 4 rings (SSSR count). The van der Waals surface area contributed by atoms with Gasteiger partial charge in [-0.2, -0.15) is 0 Å². The third-order valence-corrected chi connectivity index (χ3v) is 5.58. The van der Waals surface area contributed by atoms with E-state index in [0.29, 0.717) is 5.69 Å². The Morgan fingerprint density at radius 1 is 1.33 bits per heavy atom. The van der Waals surface area contributed by atoms with Gasteiger partial charge in [0.05, 0.1) is 16.4 Å². The molecule has 3 aromatic rings.